The highest BCUT2D eigenvalue weighted by Gasteiger charge is 2.19. The molecule has 0 saturated heterocycles. The molecule has 0 aliphatic rings. The van der Waals surface area contributed by atoms with E-state index in [1.54, 1.807) is 0 Å². The molecule has 3 aromatic carbocycles. The maximum atomic E-state index is 13.2. The van der Waals surface area contributed by atoms with E-state index in [0.717, 1.165) is 28.7 Å². The van der Waals surface area contributed by atoms with E-state index in [4.69, 9.17) is 0 Å². The van der Waals surface area contributed by atoms with Crippen LogP contribution in [0.4, 0.5) is 10.5 Å². The molecule has 0 atom stereocenters. The number of hydrogen-bond donors (Lipinski definition) is 1. The van der Waals surface area contributed by atoms with Crippen molar-refractivity contribution in [3.8, 4) is 0 Å². The Morgan fingerprint density at radius 2 is 1.63 bits per heavy atom. The molecule has 30 heavy (non-hydrogen) atoms. The Morgan fingerprint density at radius 1 is 0.900 bits per heavy atom. The van der Waals surface area contributed by atoms with E-state index >= 15 is 0 Å². The third-order valence-corrected chi connectivity index (χ3v) is 5.37. The zero-order valence-corrected chi connectivity index (χ0v) is 17.5. The maximum absolute atomic E-state index is 13.2. The molecule has 0 bridgehead atoms. The van der Waals surface area contributed by atoms with E-state index < -0.39 is 0 Å². The fourth-order valence-corrected chi connectivity index (χ4v) is 3.71. The third kappa shape index (κ3) is 4.38. The first-order valence-electron chi connectivity index (χ1n) is 10.3. The summed E-state index contributed by atoms with van der Waals surface area (Å²) in [6.07, 6.45) is 2.07. The van der Waals surface area contributed by atoms with Gasteiger partial charge in [-0.3, -0.25) is 0 Å². The number of nitrogens with one attached hydrogen (secondary N) is 1. The number of anilines is 1. The molecular weight excluding hydrogens is 370 g/mol. The average Bonchev–Trinajstić information content (AvgIpc) is 3.19. The second-order valence-electron chi connectivity index (χ2n) is 7.79. The molecule has 0 saturated carbocycles. The topological polar surface area (TPSA) is 37.3 Å². The lowest BCUT2D eigenvalue weighted by Crippen LogP contribution is -2.40. The van der Waals surface area contributed by atoms with Crippen LogP contribution in [0.2, 0.25) is 0 Å². The van der Waals surface area contributed by atoms with Gasteiger partial charge < -0.3 is 14.8 Å². The van der Waals surface area contributed by atoms with Crippen molar-refractivity contribution < 1.29 is 4.79 Å². The van der Waals surface area contributed by atoms with Crippen LogP contribution in [0.5, 0.6) is 0 Å². The van der Waals surface area contributed by atoms with Crippen LogP contribution >= 0.6 is 0 Å². The van der Waals surface area contributed by atoms with Crippen LogP contribution in [-0.2, 0) is 13.1 Å². The quantitative estimate of drug-likeness (QED) is 0.417. The van der Waals surface area contributed by atoms with Crippen molar-refractivity contribution in [2.45, 2.75) is 33.0 Å². The molecule has 2 amide bonds. The minimum atomic E-state index is -0.0891. The van der Waals surface area contributed by atoms with Gasteiger partial charge in [-0.1, -0.05) is 66.7 Å². The number of rotatable bonds is 6. The van der Waals surface area contributed by atoms with E-state index in [-0.39, 0.29) is 12.1 Å². The van der Waals surface area contributed by atoms with E-state index in [9.17, 15) is 4.79 Å². The van der Waals surface area contributed by atoms with E-state index in [1.165, 1.54) is 5.56 Å². The lowest BCUT2D eigenvalue weighted by molar-refractivity contribution is 0.192. The van der Waals surface area contributed by atoms with Gasteiger partial charge in [-0.25, -0.2) is 4.79 Å². The van der Waals surface area contributed by atoms with Crippen molar-refractivity contribution in [3.05, 3.63) is 102 Å². The van der Waals surface area contributed by atoms with Crippen molar-refractivity contribution >= 4 is 22.5 Å². The van der Waals surface area contributed by atoms with Crippen molar-refractivity contribution in [1.82, 2.24) is 9.47 Å². The molecule has 152 valence electrons. The first-order chi connectivity index (χ1) is 14.6. The lowest BCUT2D eigenvalue weighted by atomic mass is 10.1. The monoisotopic (exact) mass is 397 g/mol. The van der Waals surface area contributed by atoms with E-state index in [0.29, 0.717) is 6.54 Å². The van der Waals surface area contributed by atoms with Crippen LogP contribution in [0.3, 0.4) is 0 Å². The summed E-state index contributed by atoms with van der Waals surface area (Å²) >= 11 is 0. The van der Waals surface area contributed by atoms with Gasteiger partial charge in [-0.05, 0) is 43.0 Å². The van der Waals surface area contributed by atoms with Crippen LogP contribution in [0, 0.1) is 0 Å². The standard InChI is InChI=1S/C26H27N3O/c1-20(2)29(19-23-14-9-17-28(23)18-21-10-4-3-5-11-21)26(30)27-25-16-8-13-22-12-6-7-15-24(22)25/h3-17,20H,18-19H2,1-2H3,(H,27,30). The summed E-state index contributed by atoms with van der Waals surface area (Å²) in [6, 6.07) is 28.6. The number of amides is 2. The largest absolute Gasteiger partial charge is 0.345 e. The Kier molecular flexibility index (Phi) is 5.84. The number of fused-ring (bicyclic) bond motifs is 1. The van der Waals surface area contributed by atoms with E-state index in [2.05, 4.69) is 58.5 Å². The average molecular weight is 398 g/mol. The molecule has 1 heterocycles. The van der Waals surface area contributed by atoms with Gasteiger partial charge in [0.15, 0.2) is 0 Å². The molecular formula is C26H27N3O. The SMILES string of the molecule is CC(C)N(Cc1cccn1Cc1ccccc1)C(=O)Nc1cccc2ccccc12. The minimum absolute atomic E-state index is 0.0695. The first-order valence-corrected chi connectivity index (χ1v) is 10.3. The molecule has 0 aliphatic heterocycles. The predicted octanol–water partition coefficient (Wildman–Crippen LogP) is 6.13. The highest BCUT2D eigenvalue weighted by molar-refractivity contribution is 6.01. The third-order valence-electron chi connectivity index (χ3n) is 5.37. The number of benzene rings is 3. The summed E-state index contributed by atoms with van der Waals surface area (Å²) in [6.45, 7) is 5.44. The molecule has 0 radical (unpaired) electrons. The molecule has 1 aromatic heterocycles. The highest BCUT2D eigenvalue weighted by atomic mass is 16.2. The number of aromatic nitrogens is 1. The van der Waals surface area contributed by atoms with Crippen LogP contribution in [0.1, 0.15) is 25.1 Å². The van der Waals surface area contributed by atoms with Gasteiger partial charge in [0, 0.05) is 29.9 Å². The fraction of sp³-hybridized carbons (Fsp3) is 0.192. The van der Waals surface area contributed by atoms with E-state index in [1.807, 2.05) is 61.2 Å². The van der Waals surface area contributed by atoms with Crippen LogP contribution in [0.25, 0.3) is 10.8 Å². The van der Waals surface area contributed by atoms with Gasteiger partial charge in [0.1, 0.15) is 0 Å². The minimum Gasteiger partial charge on any atom is -0.345 e. The van der Waals surface area contributed by atoms with Crippen molar-refractivity contribution in [1.29, 1.82) is 0 Å². The van der Waals surface area contributed by atoms with Crippen LogP contribution in [-0.4, -0.2) is 21.5 Å². The second-order valence-corrected chi connectivity index (χ2v) is 7.79. The van der Waals surface area contributed by atoms with Gasteiger partial charge in [0.2, 0.25) is 0 Å². The summed E-state index contributed by atoms with van der Waals surface area (Å²) in [5.74, 6) is 0. The Bertz CT molecular complexity index is 1130. The molecule has 4 heteroatoms. The normalized spacial score (nSPS) is 11.0. The van der Waals surface area contributed by atoms with Gasteiger partial charge in [0.25, 0.3) is 0 Å². The zero-order chi connectivity index (χ0) is 20.9. The van der Waals surface area contributed by atoms with Crippen molar-refractivity contribution in [3.63, 3.8) is 0 Å². The molecule has 4 rings (SSSR count). The van der Waals surface area contributed by atoms with Gasteiger partial charge in [-0.15, -0.1) is 0 Å². The number of carbonyl (C=O) groups is 1. The molecule has 0 aliphatic carbocycles. The summed E-state index contributed by atoms with van der Waals surface area (Å²) in [5, 5.41) is 5.29. The Morgan fingerprint density at radius 3 is 2.43 bits per heavy atom. The first kappa shape index (κ1) is 19.8. The van der Waals surface area contributed by atoms with Gasteiger partial charge in [0.05, 0.1) is 12.2 Å². The molecule has 0 fully saturated rings. The maximum Gasteiger partial charge on any atom is 0.322 e. The Hall–Kier alpha value is -3.53. The molecule has 1 N–H and O–H groups in total. The molecule has 0 unspecified atom stereocenters. The predicted molar refractivity (Wildman–Crippen MR) is 124 cm³/mol. The van der Waals surface area contributed by atoms with Gasteiger partial charge in [-0.2, -0.15) is 0 Å². The summed E-state index contributed by atoms with van der Waals surface area (Å²) in [5.41, 5.74) is 3.19. The number of carbonyl (C=O) groups excluding carboxylic acids is 1. The van der Waals surface area contributed by atoms with Crippen LogP contribution in [0.15, 0.2) is 91.1 Å². The van der Waals surface area contributed by atoms with Crippen molar-refractivity contribution in [2.75, 3.05) is 5.32 Å². The summed E-state index contributed by atoms with van der Waals surface area (Å²) in [7, 11) is 0. The second kappa shape index (κ2) is 8.87. The molecule has 0 spiro atoms. The smallest absolute Gasteiger partial charge is 0.322 e. The number of nitrogens with zero attached hydrogens (tertiary/aromatic N) is 2. The summed E-state index contributed by atoms with van der Waals surface area (Å²) in [4.78, 5) is 15.1. The Labute approximate surface area is 177 Å². The van der Waals surface area contributed by atoms with Gasteiger partial charge >= 0.3 is 6.03 Å². The Balaban J connectivity index is 1.53. The molecule has 4 aromatic rings. The highest BCUT2D eigenvalue weighted by Crippen LogP contribution is 2.24. The zero-order valence-electron chi connectivity index (χ0n) is 17.5. The number of urea groups is 1. The fourth-order valence-electron chi connectivity index (χ4n) is 3.71. The van der Waals surface area contributed by atoms with Crippen LogP contribution < -0.4 is 5.32 Å². The molecule has 4 nitrogen and oxygen atoms in total. The lowest BCUT2D eigenvalue weighted by Gasteiger charge is -2.28. The number of hydrogen-bond acceptors (Lipinski definition) is 1. The van der Waals surface area contributed by atoms with Crippen molar-refractivity contribution in [2.24, 2.45) is 0 Å². The summed E-state index contributed by atoms with van der Waals surface area (Å²) < 4.78 is 2.20.